The van der Waals surface area contributed by atoms with Crippen molar-refractivity contribution >= 4 is 22.7 Å². The van der Waals surface area contributed by atoms with Crippen molar-refractivity contribution in [2.45, 2.75) is 34.2 Å². The minimum Gasteiger partial charge on any atom is -0.267 e. The second kappa shape index (κ2) is 6.46. The first-order chi connectivity index (χ1) is 11.9. The highest BCUT2D eigenvalue weighted by molar-refractivity contribution is 6.06. The number of nitrogens with one attached hydrogen (secondary N) is 1. The van der Waals surface area contributed by atoms with Crippen molar-refractivity contribution in [1.29, 1.82) is 0 Å². The third-order valence-electron chi connectivity index (χ3n) is 4.00. The molecule has 0 aromatic carbocycles. The van der Waals surface area contributed by atoms with E-state index in [0.717, 1.165) is 28.2 Å². The van der Waals surface area contributed by atoms with Gasteiger partial charge in [0.15, 0.2) is 5.65 Å². The summed E-state index contributed by atoms with van der Waals surface area (Å²) in [6.07, 6.45) is 1.74. The molecular formula is C17H21N7O. The molecule has 130 valence electrons. The zero-order valence-electron chi connectivity index (χ0n) is 15.0. The molecule has 0 aliphatic heterocycles. The lowest BCUT2D eigenvalue weighted by atomic mass is 10.1. The third kappa shape index (κ3) is 3.28. The molecule has 8 heteroatoms. The molecule has 1 N–H and O–H groups in total. The summed E-state index contributed by atoms with van der Waals surface area (Å²) in [7, 11) is 1.82. The quantitative estimate of drug-likeness (QED) is 0.580. The smallest absolute Gasteiger partial charge is 0.267 e. The van der Waals surface area contributed by atoms with Gasteiger partial charge in [-0.25, -0.2) is 10.4 Å². The van der Waals surface area contributed by atoms with Gasteiger partial charge in [-0.05, 0) is 39.8 Å². The summed E-state index contributed by atoms with van der Waals surface area (Å²) in [6, 6.07) is 3.68. The van der Waals surface area contributed by atoms with Crippen LogP contribution in [0.4, 0.5) is 0 Å². The van der Waals surface area contributed by atoms with Crippen LogP contribution in [0.3, 0.4) is 0 Å². The summed E-state index contributed by atoms with van der Waals surface area (Å²) in [4.78, 5) is 17.1. The molecule has 25 heavy (non-hydrogen) atoms. The van der Waals surface area contributed by atoms with Gasteiger partial charge in [0, 0.05) is 24.6 Å². The van der Waals surface area contributed by atoms with Gasteiger partial charge in [0.25, 0.3) is 5.91 Å². The minimum atomic E-state index is -0.275. The van der Waals surface area contributed by atoms with Crippen molar-refractivity contribution < 1.29 is 4.79 Å². The zero-order valence-corrected chi connectivity index (χ0v) is 15.0. The Labute approximate surface area is 145 Å². The second-order valence-electron chi connectivity index (χ2n) is 6.14. The molecular weight excluding hydrogens is 318 g/mol. The highest BCUT2D eigenvalue weighted by atomic mass is 16.2. The van der Waals surface area contributed by atoms with Crippen LogP contribution < -0.4 is 5.43 Å². The average molecular weight is 339 g/mol. The first-order valence-corrected chi connectivity index (χ1v) is 7.99. The third-order valence-corrected chi connectivity index (χ3v) is 4.00. The van der Waals surface area contributed by atoms with Gasteiger partial charge < -0.3 is 0 Å². The van der Waals surface area contributed by atoms with E-state index in [1.165, 1.54) is 0 Å². The van der Waals surface area contributed by atoms with Crippen LogP contribution >= 0.6 is 0 Å². The number of pyridine rings is 1. The molecule has 0 spiro atoms. The molecule has 3 aromatic rings. The van der Waals surface area contributed by atoms with Crippen LogP contribution in [0.15, 0.2) is 23.4 Å². The summed E-state index contributed by atoms with van der Waals surface area (Å²) >= 11 is 0. The SMILES string of the molecule is C/C(Cn1nccc1C)=N\NC(=O)c1cc(C)nc2c1c(C)nn2C. The summed E-state index contributed by atoms with van der Waals surface area (Å²) in [5.41, 5.74) is 7.17. The van der Waals surface area contributed by atoms with Crippen molar-refractivity contribution in [2.75, 3.05) is 0 Å². The van der Waals surface area contributed by atoms with Gasteiger partial charge >= 0.3 is 0 Å². The van der Waals surface area contributed by atoms with Gasteiger partial charge in [-0.3, -0.25) is 14.2 Å². The molecule has 1 amide bonds. The zero-order chi connectivity index (χ0) is 18.1. The number of aryl methyl sites for hydroxylation is 4. The maximum absolute atomic E-state index is 12.6. The summed E-state index contributed by atoms with van der Waals surface area (Å²) in [5.74, 6) is -0.275. The van der Waals surface area contributed by atoms with Crippen molar-refractivity contribution in [3.8, 4) is 0 Å². The van der Waals surface area contributed by atoms with Crippen molar-refractivity contribution in [2.24, 2.45) is 12.1 Å². The summed E-state index contributed by atoms with van der Waals surface area (Å²) in [6.45, 7) is 8.07. The van der Waals surface area contributed by atoms with Crippen LogP contribution in [-0.2, 0) is 13.6 Å². The Balaban J connectivity index is 1.85. The molecule has 0 radical (unpaired) electrons. The molecule has 0 fully saturated rings. The highest BCUT2D eigenvalue weighted by Gasteiger charge is 2.17. The Morgan fingerprint density at radius 3 is 2.76 bits per heavy atom. The Kier molecular flexibility index (Phi) is 4.35. The molecule has 0 saturated heterocycles. The van der Waals surface area contributed by atoms with Crippen molar-refractivity contribution in [1.82, 2.24) is 30.0 Å². The molecule has 3 aromatic heterocycles. The number of carbonyl (C=O) groups excluding carboxylic acids is 1. The normalized spacial score (nSPS) is 12.0. The monoisotopic (exact) mass is 339 g/mol. The fourth-order valence-electron chi connectivity index (χ4n) is 2.77. The van der Waals surface area contributed by atoms with E-state index in [1.807, 2.05) is 45.5 Å². The van der Waals surface area contributed by atoms with E-state index in [9.17, 15) is 4.79 Å². The van der Waals surface area contributed by atoms with Gasteiger partial charge in [0.05, 0.1) is 28.9 Å². The van der Waals surface area contributed by atoms with Crippen molar-refractivity contribution in [3.05, 3.63) is 41.0 Å². The number of carbonyl (C=O) groups is 1. The minimum absolute atomic E-state index is 0.275. The molecule has 8 nitrogen and oxygen atoms in total. The first kappa shape index (κ1) is 16.8. The summed E-state index contributed by atoms with van der Waals surface area (Å²) in [5, 5.41) is 13.5. The van der Waals surface area contributed by atoms with Crippen LogP contribution in [0.5, 0.6) is 0 Å². The lowest BCUT2D eigenvalue weighted by molar-refractivity contribution is 0.0956. The highest BCUT2D eigenvalue weighted by Crippen LogP contribution is 2.21. The fraction of sp³-hybridized carbons (Fsp3) is 0.353. The van der Waals surface area contributed by atoms with Crippen LogP contribution in [0.25, 0.3) is 11.0 Å². The number of hydrazone groups is 1. The molecule has 3 rings (SSSR count). The van der Waals surface area contributed by atoms with Crippen LogP contribution in [-0.4, -0.2) is 36.2 Å². The predicted octanol–water partition coefficient (Wildman–Crippen LogP) is 1.90. The van der Waals surface area contributed by atoms with E-state index in [-0.39, 0.29) is 5.91 Å². The molecule has 0 unspecified atom stereocenters. The molecule has 0 bridgehead atoms. The molecule has 3 heterocycles. The van der Waals surface area contributed by atoms with Gasteiger partial charge in [0.1, 0.15) is 0 Å². The Hall–Kier alpha value is -3.03. The fourth-order valence-corrected chi connectivity index (χ4v) is 2.77. The van der Waals surface area contributed by atoms with Gasteiger partial charge in [-0.2, -0.15) is 15.3 Å². The number of nitrogens with zero attached hydrogens (tertiary/aromatic N) is 6. The number of aromatic nitrogens is 5. The Morgan fingerprint density at radius 2 is 2.08 bits per heavy atom. The number of hydrogen-bond donors (Lipinski definition) is 1. The molecule has 0 aliphatic carbocycles. The average Bonchev–Trinajstić information content (AvgIpc) is 3.08. The van der Waals surface area contributed by atoms with Crippen LogP contribution in [0.2, 0.25) is 0 Å². The number of fused-ring (bicyclic) bond motifs is 1. The van der Waals surface area contributed by atoms with Gasteiger partial charge in [-0.15, -0.1) is 0 Å². The molecule has 0 atom stereocenters. The standard InChI is InChI=1S/C17H21N7O/c1-10-8-14(15-13(4)22-23(5)16(15)19-10)17(25)21-20-11(2)9-24-12(3)6-7-18-24/h6-8H,9H2,1-5H3,(H,21,25)/b20-11+. The van der Waals surface area contributed by atoms with Crippen LogP contribution in [0, 0.1) is 20.8 Å². The maximum Gasteiger partial charge on any atom is 0.272 e. The Bertz CT molecular complexity index is 980. The number of hydrogen-bond acceptors (Lipinski definition) is 5. The Morgan fingerprint density at radius 1 is 1.32 bits per heavy atom. The van der Waals surface area contributed by atoms with Crippen molar-refractivity contribution in [3.63, 3.8) is 0 Å². The topological polar surface area (TPSA) is 90.0 Å². The first-order valence-electron chi connectivity index (χ1n) is 7.99. The number of amides is 1. The number of rotatable bonds is 4. The van der Waals surface area contributed by atoms with Crippen LogP contribution in [0.1, 0.15) is 34.4 Å². The summed E-state index contributed by atoms with van der Waals surface area (Å²) < 4.78 is 3.51. The maximum atomic E-state index is 12.6. The second-order valence-corrected chi connectivity index (χ2v) is 6.14. The van der Waals surface area contributed by atoms with E-state index in [1.54, 1.807) is 16.9 Å². The van der Waals surface area contributed by atoms with Gasteiger partial charge in [-0.1, -0.05) is 0 Å². The largest absolute Gasteiger partial charge is 0.272 e. The lowest BCUT2D eigenvalue weighted by Gasteiger charge is -2.07. The molecule has 0 saturated carbocycles. The van der Waals surface area contributed by atoms with E-state index in [0.29, 0.717) is 17.8 Å². The molecule has 0 aliphatic rings. The predicted molar refractivity (Wildman–Crippen MR) is 95.5 cm³/mol. The lowest BCUT2D eigenvalue weighted by Crippen LogP contribution is -2.21. The van der Waals surface area contributed by atoms with E-state index in [4.69, 9.17) is 0 Å². The van der Waals surface area contributed by atoms with E-state index < -0.39 is 0 Å². The van der Waals surface area contributed by atoms with E-state index >= 15 is 0 Å². The van der Waals surface area contributed by atoms with Gasteiger partial charge in [0.2, 0.25) is 0 Å². The van der Waals surface area contributed by atoms with E-state index in [2.05, 4.69) is 25.7 Å².